The third-order valence-corrected chi connectivity index (χ3v) is 7.86. The van der Waals surface area contributed by atoms with Crippen molar-refractivity contribution in [3.8, 4) is 0 Å². The number of carbonyl (C=O) groups is 2. The molecular formula is C23H33N5O2. The van der Waals surface area contributed by atoms with Crippen molar-refractivity contribution in [1.29, 1.82) is 0 Å². The molecule has 30 heavy (non-hydrogen) atoms. The van der Waals surface area contributed by atoms with E-state index in [0.717, 1.165) is 43.8 Å². The van der Waals surface area contributed by atoms with Gasteiger partial charge in [0.1, 0.15) is 11.5 Å². The molecule has 1 aliphatic heterocycles. The maximum absolute atomic E-state index is 13.0. The van der Waals surface area contributed by atoms with E-state index in [1.54, 1.807) is 0 Å². The number of pyridine rings is 1. The van der Waals surface area contributed by atoms with E-state index < -0.39 is 0 Å². The zero-order valence-corrected chi connectivity index (χ0v) is 17.6. The van der Waals surface area contributed by atoms with E-state index in [2.05, 4.69) is 15.1 Å². The van der Waals surface area contributed by atoms with Crippen LogP contribution >= 0.6 is 0 Å². The number of carbonyl (C=O) groups excluding carboxylic acids is 2. The molecule has 0 aromatic carbocycles. The van der Waals surface area contributed by atoms with Gasteiger partial charge in [-0.25, -0.2) is 4.98 Å². The Morgan fingerprint density at radius 2 is 1.67 bits per heavy atom. The van der Waals surface area contributed by atoms with Gasteiger partial charge in [-0.15, -0.1) is 0 Å². The molecule has 1 saturated heterocycles. The Labute approximate surface area is 178 Å². The van der Waals surface area contributed by atoms with Crippen molar-refractivity contribution in [2.75, 3.05) is 37.6 Å². The number of hydrogen-bond acceptors (Lipinski definition) is 5. The predicted octanol–water partition coefficient (Wildman–Crippen LogP) is 1.63. The van der Waals surface area contributed by atoms with Gasteiger partial charge in [-0.2, -0.15) is 0 Å². The molecule has 0 unspecified atom stereocenters. The molecule has 7 nitrogen and oxygen atoms in total. The first-order valence-electron chi connectivity index (χ1n) is 11.6. The first kappa shape index (κ1) is 19.8. The fourth-order valence-corrected chi connectivity index (χ4v) is 6.58. The van der Waals surface area contributed by atoms with Crippen LogP contribution in [0, 0.1) is 23.7 Å². The number of amides is 2. The summed E-state index contributed by atoms with van der Waals surface area (Å²) < 4.78 is 0. The molecule has 5 fully saturated rings. The Bertz CT molecular complexity index is 777. The lowest BCUT2D eigenvalue weighted by Gasteiger charge is -2.54. The molecule has 0 radical (unpaired) electrons. The summed E-state index contributed by atoms with van der Waals surface area (Å²) in [5.41, 5.74) is 5.78. The summed E-state index contributed by atoms with van der Waals surface area (Å²) in [7, 11) is 0. The Morgan fingerprint density at radius 1 is 1.00 bits per heavy atom. The number of nitrogens with one attached hydrogen (secondary N) is 1. The zero-order chi connectivity index (χ0) is 20.7. The molecule has 6 rings (SSSR count). The van der Waals surface area contributed by atoms with Gasteiger partial charge in [-0.3, -0.25) is 14.5 Å². The second-order valence-electron chi connectivity index (χ2n) is 9.86. The monoisotopic (exact) mass is 411 g/mol. The smallest absolute Gasteiger partial charge is 0.270 e. The Balaban J connectivity index is 1.19. The van der Waals surface area contributed by atoms with Crippen molar-refractivity contribution in [1.82, 2.24) is 15.2 Å². The summed E-state index contributed by atoms with van der Waals surface area (Å²) in [5.74, 6) is 3.74. The summed E-state index contributed by atoms with van der Waals surface area (Å²) >= 11 is 0. The predicted molar refractivity (Wildman–Crippen MR) is 115 cm³/mol. The highest BCUT2D eigenvalue weighted by atomic mass is 16.2. The maximum Gasteiger partial charge on any atom is 0.270 e. The minimum atomic E-state index is -0.253. The van der Waals surface area contributed by atoms with E-state index in [4.69, 9.17) is 10.7 Å². The van der Waals surface area contributed by atoms with Crippen LogP contribution in [-0.4, -0.2) is 60.5 Å². The van der Waals surface area contributed by atoms with E-state index in [1.165, 1.54) is 32.1 Å². The van der Waals surface area contributed by atoms with Crippen molar-refractivity contribution >= 4 is 17.6 Å². The normalized spacial score (nSPS) is 32.9. The lowest BCUT2D eigenvalue weighted by atomic mass is 9.54. The van der Waals surface area contributed by atoms with Gasteiger partial charge in [0.15, 0.2) is 0 Å². The van der Waals surface area contributed by atoms with Crippen molar-refractivity contribution in [2.45, 2.75) is 44.6 Å². The average Bonchev–Trinajstić information content (AvgIpc) is 2.74. The van der Waals surface area contributed by atoms with Gasteiger partial charge in [0, 0.05) is 45.2 Å². The molecule has 162 valence electrons. The molecule has 4 aliphatic carbocycles. The van der Waals surface area contributed by atoms with Crippen LogP contribution in [0.5, 0.6) is 0 Å². The highest BCUT2D eigenvalue weighted by Gasteiger charge is 2.48. The summed E-state index contributed by atoms with van der Waals surface area (Å²) in [4.78, 5) is 33.2. The standard InChI is InChI=1S/C23H33N5O2/c24-20(29)4-5-27-6-8-28(9-7-27)21-3-1-2-19(25-21)23(30)26-22-17-11-15-10-16(13-17)14-18(22)12-15/h1-3,15-18,22H,4-14H2,(H2,24,29)(H,26,30). The van der Waals surface area contributed by atoms with E-state index in [0.29, 0.717) is 36.5 Å². The van der Waals surface area contributed by atoms with Crippen LogP contribution < -0.4 is 16.0 Å². The average molecular weight is 412 g/mol. The van der Waals surface area contributed by atoms with E-state index in [9.17, 15) is 9.59 Å². The van der Waals surface area contributed by atoms with Gasteiger partial charge in [0.05, 0.1) is 0 Å². The van der Waals surface area contributed by atoms with Gasteiger partial charge >= 0.3 is 0 Å². The SMILES string of the molecule is NC(=O)CCN1CCN(c2cccc(C(=O)NC3C4CC5CC(C4)CC3C5)n2)CC1. The Hall–Kier alpha value is -2.15. The van der Waals surface area contributed by atoms with Crippen LogP contribution in [0.4, 0.5) is 5.82 Å². The third kappa shape index (κ3) is 4.04. The van der Waals surface area contributed by atoms with Crippen molar-refractivity contribution in [3.63, 3.8) is 0 Å². The molecule has 3 N–H and O–H groups in total. The van der Waals surface area contributed by atoms with Gasteiger partial charge in [-0.05, 0) is 67.9 Å². The van der Waals surface area contributed by atoms with Crippen LogP contribution in [0.1, 0.15) is 49.0 Å². The molecule has 4 saturated carbocycles. The summed E-state index contributed by atoms with van der Waals surface area (Å²) in [6.45, 7) is 4.14. The second kappa shape index (κ2) is 8.17. The molecule has 4 bridgehead atoms. The minimum absolute atomic E-state index is 0.0191. The minimum Gasteiger partial charge on any atom is -0.370 e. The second-order valence-corrected chi connectivity index (χ2v) is 9.86. The molecule has 5 aliphatic rings. The number of piperazine rings is 1. The number of primary amides is 1. The molecular weight excluding hydrogens is 378 g/mol. The molecule has 7 heteroatoms. The van der Waals surface area contributed by atoms with Crippen molar-refractivity contribution in [3.05, 3.63) is 23.9 Å². The van der Waals surface area contributed by atoms with Gasteiger partial charge < -0.3 is 16.0 Å². The lowest BCUT2D eigenvalue weighted by molar-refractivity contribution is -0.118. The van der Waals surface area contributed by atoms with Gasteiger partial charge in [0.25, 0.3) is 5.91 Å². The first-order valence-corrected chi connectivity index (χ1v) is 11.6. The number of hydrogen-bond donors (Lipinski definition) is 2. The quantitative estimate of drug-likeness (QED) is 0.742. The highest BCUT2D eigenvalue weighted by Crippen LogP contribution is 2.53. The summed E-state index contributed by atoms with van der Waals surface area (Å²) in [5, 5.41) is 3.37. The number of nitrogens with zero attached hydrogens (tertiary/aromatic N) is 3. The number of nitrogens with two attached hydrogens (primary N) is 1. The van der Waals surface area contributed by atoms with E-state index in [1.807, 2.05) is 18.2 Å². The molecule has 1 aromatic rings. The summed E-state index contributed by atoms with van der Waals surface area (Å²) in [6.07, 6.45) is 7.01. The largest absolute Gasteiger partial charge is 0.370 e. The van der Waals surface area contributed by atoms with Gasteiger partial charge in [0.2, 0.25) is 5.91 Å². The molecule has 2 amide bonds. The van der Waals surface area contributed by atoms with Crippen LogP contribution in [-0.2, 0) is 4.79 Å². The van der Waals surface area contributed by atoms with Crippen molar-refractivity contribution < 1.29 is 9.59 Å². The molecule has 1 aromatic heterocycles. The maximum atomic E-state index is 13.0. The molecule has 0 spiro atoms. The van der Waals surface area contributed by atoms with Crippen LogP contribution in [0.15, 0.2) is 18.2 Å². The van der Waals surface area contributed by atoms with Crippen LogP contribution in [0.3, 0.4) is 0 Å². The fraction of sp³-hybridized carbons (Fsp3) is 0.696. The molecule has 0 atom stereocenters. The zero-order valence-electron chi connectivity index (χ0n) is 17.6. The first-order chi connectivity index (χ1) is 14.5. The van der Waals surface area contributed by atoms with E-state index in [-0.39, 0.29) is 11.8 Å². The lowest BCUT2D eigenvalue weighted by Crippen LogP contribution is -2.55. The fourth-order valence-electron chi connectivity index (χ4n) is 6.58. The highest BCUT2D eigenvalue weighted by molar-refractivity contribution is 5.93. The number of aromatic nitrogens is 1. The van der Waals surface area contributed by atoms with Crippen LogP contribution in [0.2, 0.25) is 0 Å². The van der Waals surface area contributed by atoms with Crippen molar-refractivity contribution in [2.24, 2.45) is 29.4 Å². The Morgan fingerprint density at radius 3 is 2.30 bits per heavy atom. The summed E-state index contributed by atoms with van der Waals surface area (Å²) in [6, 6.07) is 6.09. The third-order valence-electron chi connectivity index (χ3n) is 7.86. The molecule has 2 heterocycles. The number of rotatable bonds is 6. The van der Waals surface area contributed by atoms with Gasteiger partial charge in [-0.1, -0.05) is 6.07 Å². The Kier molecular flexibility index (Phi) is 5.39. The van der Waals surface area contributed by atoms with E-state index >= 15 is 0 Å². The number of anilines is 1. The van der Waals surface area contributed by atoms with Crippen LogP contribution in [0.25, 0.3) is 0 Å². The topological polar surface area (TPSA) is 91.6 Å².